The first-order valence-electron chi connectivity index (χ1n) is 10.1. The number of nitrogens with one attached hydrogen (secondary N) is 1. The Morgan fingerprint density at radius 3 is 2.52 bits per heavy atom. The number of alkyl halides is 1. The molecule has 6 atom stereocenters. The van der Waals surface area contributed by atoms with Gasteiger partial charge in [0.05, 0.1) is 17.5 Å². The van der Waals surface area contributed by atoms with E-state index in [0.717, 1.165) is 11.8 Å². The molecule has 1 saturated carbocycles. The molecule has 31 heavy (non-hydrogen) atoms. The average Bonchev–Trinajstić information content (AvgIpc) is 3.29. The van der Waals surface area contributed by atoms with Crippen LogP contribution >= 0.6 is 11.6 Å². The summed E-state index contributed by atoms with van der Waals surface area (Å²) in [5.74, 6) is -2.36. The van der Waals surface area contributed by atoms with Gasteiger partial charge in [-0.3, -0.25) is 10.1 Å². The maximum Gasteiger partial charge on any atom is 0.414 e. The van der Waals surface area contributed by atoms with Crippen molar-refractivity contribution < 1.29 is 37.3 Å². The van der Waals surface area contributed by atoms with E-state index in [0.29, 0.717) is 6.42 Å². The largest absolute Gasteiger partial charge is 0.443 e. The van der Waals surface area contributed by atoms with Gasteiger partial charge in [-0.25, -0.2) is 13.2 Å². The number of amides is 2. The Labute approximate surface area is 188 Å². The molecule has 0 bridgehead atoms. The number of sulfone groups is 1. The number of hydrogen-bond donors (Lipinski definition) is 2. The summed E-state index contributed by atoms with van der Waals surface area (Å²) in [4.78, 5) is 23.5. The van der Waals surface area contributed by atoms with E-state index < -0.39 is 62.8 Å². The monoisotopic (exact) mass is 481 g/mol. The second-order valence-corrected chi connectivity index (χ2v) is 11.2. The minimum atomic E-state index is -3.53. The number of carbonyl (C=O) groups excluding carboxylic acids is 2. The van der Waals surface area contributed by atoms with Crippen LogP contribution in [0.1, 0.15) is 40.0 Å². The minimum absolute atomic E-state index is 0.0559. The van der Waals surface area contributed by atoms with E-state index in [4.69, 9.17) is 25.8 Å². The van der Waals surface area contributed by atoms with Crippen LogP contribution in [0, 0.1) is 5.92 Å². The van der Waals surface area contributed by atoms with Crippen LogP contribution in [0.15, 0.2) is 11.6 Å². The summed E-state index contributed by atoms with van der Waals surface area (Å²) in [6.45, 7) is 5.73. The van der Waals surface area contributed by atoms with Crippen LogP contribution in [0.2, 0.25) is 0 Å². The summed E-state index contributed by atoms with van der Waals surface area (Å²) in [7, 11) is -2.13. The zero-order valence-corrected chi connectivity index (χ0v) is 20.1. The molecule has 6 unspecified atom stereocenters. The maximum atomic E-state index is 12.1. The van der Waals surface area contributed by atoms with Crippen molar-refractivity contribution >= 4 is 33.4 Å². The first-order valence-corrected chi connectivity index (χ1v) is 12.7. The summed E-state index contributed by atoms with van der Waals surface area (Å²) in [6, 6.07) is 0. The topological polar surface area (TPSA) is 132 Å². The molecule has 11 heteroatoms. The Morgan fingerprint density at radius 2 is 2.00 bits per heavy atom. The van der Waals surface area contributed by atoms with E-state index in [1.807, 2.05) is 25.2 Å². The number of imide groups is 1. The molecule has 2 fully saturated rings. The van der Waals surface area contributed by atoms with Crippen molar-refractivity contribution in [2.24, 2.45) is 5.92 Å². The molecule has 0 radical (unpaired) electrons. The Bertz CT molecular complexity index is 827. The predicted octanol–water partition coefficient (Wildman–Crippen LogP) is 1.56. The lowest BCUT2D eigenvalue weighted by atomic mass is 9.66. The molecule has 2 rings (SSSR count). The maximum absolute atomic E-state index is 12.1. The van der Waals surface area contributed by atoms with Gasteiger partial charge in [0.2, 0.25) is 5.91 Å². The van der Waals surface area contributed by atoms with E-state index in [1.54, 1.807) is 6.92 Å². The third-order valence-electron chi connectivity index (χ3n) is 5.88. The first kappa shape index (κ1) is 26.1. The van der Waals surface area contributed by atoms with Crippen molar-refractivity contribution in [3.05, 3.63) is 11.6 Å². The number of methoxy groups -OCH3 is 1. The Balaban J connectivity index is 2.33. The van der Waals surface area contributed by atoms with Gasteiger partial charge in [-0.05, 0) is 40.0 Å². The van der Waals surface area contributed by atoms with Crippen LogP contribution in [-0.4, -0.2) is 80.0 Å². The smallest absolute Gasteiger partial charge is 0.414 e. The number of carbonyl (C=O) groups is 2. The highest BCUT2D eigenvalue weighted by Gasteiger charge is 2.68. The zero-order chi connectivity index (χ0) is 23.6. The second-order valence-electron chi connectivity index (χ2n) is 8.82. The standard InChI is InChI=1S/C20H32ClNO8S/c1-12(2)6-7-14-19(3,30-14)17-16(28-4)13(29-18(24)22-15(23)10-21)8-9-20(17,25)11-31(5,26)27/h6,13-14,16-17,25H,7-11H2,1-5H3,(H,22,23,24). The summed E-state index contributed by atoms with van der Waals surface area (Å²) in [5, 5.41) is 13.5. The molecule has 1 aliphatic carbocycles. The van der Waals surface area contributed by atoms with Crippen LogP contribution in [-0.2, 0) is 28.8 Å². The van der Waals surface area contributed by atoms with Gasteiger partial charge in [0.1, 0.15) is 33.5 Å². The normalized spacial score (nSPS) is 35.2. The predicted molar refractivity (Wildman–Crippen MR) is 115 cm³/mol. The molecular formula is C20H32ClNO8S. The van der Waals surface area contributed by atoms with Crippen LogP contribution in [0.4, 0.5) is 4.79 Å². The number of epoxide rings is 1. The highest BCUT2D eigenvalue weighted by Crippen LogP contribution is 2.54. The van der Waals surface area contributed by atoms with E-state index >= 15 is 0 Å². The fraction of sp³-hybridized carbons (Fsp3) is 0.800. The van der Waals surface area contributed by atoms with Gasteiger partial charge >= 0.3 is 6.09 Å². The van der Waals surface area contributed by atoms with Gasteiger partial charge < -0.3 is 19.3 Å². The molecule has 1 heterocycles. The number of allylic oxidation sites excluding steroid dienone is 1. The summed E-state index contributed by atoms with van der Waals surface area (Å²) < 4.78 is 41.2. The van der Waals surface area contributed by atoms with Crippen molar-refractivity contribution in [2.45, 2.75) is 69.5 Å². The van der Waals surface area contributed by atoms with Gasteiger partial charge in [-0.2, -0.15) is 0 Å². The van der Waals surface area contributed by atoms with E-state index in [-0.39, 0.29) is 18.9 Å². The third kappa shape index (κ3) is 6.41. The van der Waals surface area contributed by atoms with E-state index in [2.05, 4.69) is 0 Å². The summed E-state index contributed by atoms with van der Waals surface area (Å²) >= 11 is 5.40. The summed E-state index contributed by atoms with van der Waals surface area (Å²) in [6.07, 6.45) is 0.982. The molecule has 0 aromatic carbocycles. The quantitative estimate of drug-likeness (QED) is 0.303. The van der Waals surface area contributed by atoms with Gasteiger partial charge in [0.25, 0.3) is 0 Å². The lowest BCUT2D eigenvalue weighted by Crippen LogP contribution is -2.62. The highest BCUT2D eigenvalue weighted by atomic mass is 35.5. The lowest BCUT2D eigenvalue weighted by Gasteiger charge is -2.48. The molecule has 1 aliphatic heterocycles. The van der Waals surface area contributed by atoms with Crippen LogP contribution < -0.4 is 5.32 Å². The summed E-state index contributed by atoms with van der Waals surface area (Å²) in [5.41, 5.74) is -1.40. The molecule has 0 spiro atoms. The van der Waals surface area contributed by atoms with Gasteiger partial charge in [-0.1, -0.05) is 11.6 Å². The molecule has 2 N–H and O–H groups in total. The molecule has 2 amide bonds. The van der Waals surface area contributed by atoms with Crippen molar-refractivity contribution in [2.75, 3.05) is 25.0 Å². The van der Waals surface area contributed by atoms with Crippen LogP contribution in [0.25, 0.3) is 0 Å². The number of hydrogen-bond acceptors (Lipinski definition) is 8. The lowest BCUT2D eigenvalue weighted by molar-refractivity contribution is -0.170. The van der Waals surface area contributed by atoms with Gasteiger partial charge in [-0.15, -0.1) is 11.6 Å². The first-order chi connectivity index (χ1) is 14.3. The number of halogens is 1. The highest BCUT2D eigenvalue weighted by molar-refractivity contribution is 7.90. The molecule has 0 aromatic heterocycles. The molecular weight excluding hydrogens is 450 g/mol. The van der Waals surface area contributed by atoms with E-state index in [9.17, 15) is 23.1 Å². The Kier molecular flexibility index (Phi) is 8.19. The molecule has 2 aliphatic rings. The van der Waals surface area contributed by atoms with Gasteiger partial charge in [0.15, 0.2) is 0 Å². The molecule has 178 valence electrons. The average molecular weight is 482 g/mol. The van der Waals surface area contributed by atoms with Crippen LogP contribution in [0.3, 0.4) is 0 Å². The van der Waals surface area contributed by atoms with Gasteiger partial charge in [0, 0.05) is 19.3 Å². The fourth-order valence-corrected chi connectivity index (χ4v) is 5.91. The molecule has 0 aromatic rings. The van der Waals surface area contributed by atoms with Crippen molar-refractivity contribution in [3.63, 3.8) is 0 Å². The van der Waals surface area contributed by atoms with Crippen LogP contribution in [0.5, 0.6) is 0 Å². The van der Waals surface area contributed by atoms with Crippen molar-refractivity contribution in [1.82, 2.24) is 5.32 Å². The number of ether oxygens (including phenoxy) is 3. The number of aliphatic hydroxyl groups is 1. The fourth-order valence-electron chi connectivity index (χ4n) is 4.61. The third-order valence-corrected chi connectivity index (χ3v) is 7.14. The number of rotatable bonds is 8. The Hall–Kier alpha value is -1.20. The van der Waals surface area contributed by atoms with Crippen molar-refractivity contribution in [1.29, 1.82) is 0 Å². The van der Waals surface area contributed by atoms with Crippen molar-refractivity contribution in [3.8, 4) is 0 Å². The van der Waals surface area contributed by atoms with E-state index in [1.165, 1.54) is 7.11 Å². The minimum Gasteiger partial charge on any atom is -0.443 e. The Morgan fingerprint density at radius 1 is 1.35 bits per heavy atom. The number of alkyl carbamates (subject to hydrolysis) is 1. The molecule has 1 saturated heterocycles. The zero-order valence-electron chi connectivity index (χ0n) is 18.5. The SMILES string of the molecule is COC1C(OC(=O)NC(=O)CCl)CCC(O)(CS(C)(=O)=O)C1C1(C)OC1CC=C(C)C. The molecule has 9 nitrogen and oxygen atoms in total. The second kappa shape index (κ2) is 9.74.